The van der Waals surface area contributed by atoms with Gasteiger partial charge in [-0.3, -0.25) is 4.79 Å². The molecule has 0 saturated heterocycles. The minimum Gasteiger partial charge on any atom is -0.485 e. The number of benzene rings is 1. The Morgan fingerprint density at radius 2 is 1.89 bits per heavy atom. The Balaban J connectivity index is 1.93. The zero-order valence-electron chi connectivity index (χ0n) is 10.4. The molecule has 0 unspecified atom stereocenters. The van der Waals surface area contributed by atoms with E-state index < -0.39 is 5.97 Å². The van der Waals surface area contributed by atoms with E-state index >= 15 is 0 Å². The van der Waals surface area contributed by atoms with Gasteiger partial charge in [-0.25, -0.2) is 4.79 Å². The van der Waals surface area contributed by atoms with Crippen molar-refractivity contribution < 1.29 is 19.1 Å². The summed E-state index contributed by atoms with van der Waals surface area (Å²) in [6.07, 6.45) is 1.68. The number of ether oxygens (including phenoxy) is 2. The maximum atomic E-state index is 11.7. The number of H-pyrrole nitrogens is 1. The number of ketones is 1. The SMILES string of the molecule is COC(=O)c1ccc(OCC(=O)c2ccc[nH]2)cc1. The second-order valence-corrected chi connectivity index (χ2v) is 3.81. The lowest BCUT2D eigenvalue weighted by Crippen LogP contribution is -2.12. The van der Waals surface area contributed by atoms with E-state index in [-0.39, 0.29) is 12.4 Å². The minimum absolute atomic E-state index is 0.0575. The van der Waals surface area contributed by atoms with Crippen LogP contribution in [0.5, 0.6) is 5.75 Å². The number of aromatic amines is 1. The fourth-order valence-corrected chi connectivity index (χ4v) is 1.54. The molecular formula is C14H13NO4. The lowest BCUT2D eigenvalue weighted by Gasteiger charge is -2.05. The van der Waals surface area contributed by atoms with Crippen molar-refractivity contribution >= 4 is 11.8 Å². The number of nitrogens with one attached hydrogen (secondary N) is 1. The van der Waals surface area contributed by atoms with Crippen LogP contribution in [-0.2, 0) is 4.74 Å². The summed E-state index contributed by atoms with van der Waals surface area (Å²) in [5, 5.41) is 0. The molecule has 1 aromatic heterocycles. The monoisotopic (exact) mass is 259 g/mol. The zero-order chi connectivity index (χ0) is 13.7. The van der Waals surface area contributed by atoms with Gasteiger partial charge in [0, 0.05) is 6.20 Å². The van der Waals surface area contributed by atoms with E-state index in [4.69, 9.17) is 4.74 Å². The molecule has 0 aliphatic rings. The van der Waals surface area contributed by atoms with Gasteiger partial charge in [-0.05, 0) is 36.4 Å². The summed E-state index contributed by atoms with van der Waals surface area (Å²) in [7, 11) is 1.32. The maximum Gasteiger partial charge on any atom is 0.337 e. The lowest BCUT2D eigenvalue weighted by molar-refractivity contribution is 0.0600. The number of aromatic nitrogens is 1. The van der Waals surface area contributed by atoms with Gasteiger partial charge in [0.2, 0.25) is 5.78 Å². The number of rotatable bonds is 5. The number of carbonyl (C=O) groups excluding carboxylic acids is 2. The Hall–Kier alpha value is -2.56. The Morgan fingerprint density at radius 1 is 1.16 bits per heavy atom. The summed E-state index contributed by atoms with van der Waals surface area (Å²) in [6.45, 7) is -0.0575. The van der Waals surface area contributed by atoms with E-state index in [0.29, 0.717) is 17.0 Å². The predicted molar refractivity (Wildman–Crippen MR) is 68.4 cm³/mol. The van der Waals surface area contributed by atoms with Crippen molar-refractivity contribution in [2.24, 2.45) is 0 Å². The molecule has 0 aliphatic heterocycles. The highest BCUT2D eigenvalue weighted by Crippen LogP contribution is 2.13. The summed E-state index contributed by atoms with van der Waals surface area (Å²) in [4.78, 5) is 25.7. The second-order valence-electron chi connectivity index (χ2n) is 3.81. The first kappa shape index (κ1) is 12.9. The van der Waals surface area contributed by atoms with E-state index in [1.807, 2.05) is 0 Å². The fourth-order valence-electron chi connectivity index (χ4n) is 1.54. The van der Waals surface area contributed by atoms with Gasteiger partial charge in [0.05, 0.1) is 18.4 Å². The van der Waals surface area contributed by atoms with Crippen LogP contribution < -0.4 is 4.74 Å². The largest absolute Gasteiger partial charge is 0.485 e. The quantitative estimate of drug-likeness (QED) is 0.659. The molecule has 0 amide bonds. The van der Waals surface area contributed by atoms with Crippen molar-refractivity contribution in [1.29, 1.82) is 0 Å². The molecule has 2 aromatic rings. The van der Waals surface area contributed by atoms with Crippen LogP contribution in [-0.4, -0.2) is 30.5 Å². The van der Waals surface area contributed by atoms with Crippen LogP contribution in [0.1, 0.15) is 20.8 Å². The van der Waals surface area contributed by atoms with Gasteiger partial charge in [0.25, 0.3) is 0 Å². The highest BCUT2D eigenvalue weighted by Gasteiger charge is 2.08. The van der Waals surface area contributed by atoms with Crippen molar-refractivity contribution in [2.75, 3.05) is 13.7 Å². The van der Waals surface area contributed by atoms with Crippen LogP contribution in [0.2, 0.25) is 0 Å². The van der Waals surface area contributed by atoms with Crippen molar-refractivity contribution in [3.8, 4) is 5.75 Å². The van der Waals surface area contributed by atoms with E-state index in [2.05, 4.69) is 9.72 Å². The fraction of sp³-hybridized carbons (Fsp3) is 0.143. The molecule has 0 atom stereocenters. The summed E-state index contributed by atoms with van der Waals surface area (Å²) in [6, 6.07) is 9.84. The number of esters is 1. The molecule has 2 rings (SSSR count). The van der Waals surface area contributed by atoms with Gasteiger partial charge in [-0.15, -0.1) is 0 Å². The smallest absolute Gasteiger partial charge is 0.337 e. The summed E-state index contributed by atoms with van der Waals surface area (Å²) in [5.41, 5.74) is 0.941. The first-order valence-electron chi connectivity index (χ1n) is 5.68. The van der Waals surface area contributed by atoms with E-state index in [1.54, 1.807) is 42.6 Å². The van der Waals surface area contributed by atoms with Crippen molar-refractivity contribution in [2.45, 2.75) is 0 Å². The van der Waals surface area contributed by atoms with Crippen LogP contribution in [0, 0.1) is 0 Å². The molecule has 5 nitrogen and oxygen atoms in total. The van der Waals surface area contributed by atoms with E-state index in [0.717, 1.165) is 0 Å². The van der Waals surface area contributed by atoms with Gasteiger partial charge >= 0.3 is 5.97 Å². The number of hydrogen-bond donors (Lipinski definition) is 1. The number of hydrogen-bond acceptors (Lipinski definition) is 4. The normalized spacial score (nSPS) is 9.95. The van der Waals surface area contributed by atoms with Crippen LogP contribution >= 0.6 is 0 Å². The third kappa shape index (κ3) is 3.22. The highest BCUT2D eigenvalue weighted by atomic mass is 16.5. The molecule has 0 radical (unpaired) electrons. The van der Waals surface area contributed by atoms with Crippen molar-refractivity contribution in [3.63, 3.8) is 0 Å². The average molecular weight is 259 g/mol. The molecule has 1 heterocycles. The van der Waals surface area contributed by atoms with Crippen molar-refractivity contribution in [1.82, 2.24) is 4.98 Å². The van der Waals surface area contributed by atoms with Gasteiger partial charge in [-0.2, -0.15) is 0 Å². The molecule has 0 saturated carbocycles. The first-order chi connectivity index (χ1) is 9.20. The molecule has 19 heavy (non-hydrogen) atoms. The molecule has 0 aliphatic carbocycles. The zero-order valence-corrected chi connectivity index (χ0v) is 10.4. The Labute approximate surface area is 110 Å². The van der Waals surface area contributed by atoms with E-state index in [9.17, 15) is 9.59 Å². The second kappa shape index (κ2) is 5.86. The maximum absolute atomic E-state index is 11.7. The standard InChI is InChI=1S/C14H13NO4/c1-18-14(17)10-4-6-11(7-5-10)19-9-13(16)12-3-2-8-15-12/h2-8,15H,9H2,1H3. The summed E-state index contributed by atoms with van der Waals surface area (Å²) < 4.78 is 9.92. The Morgan fingerprint density at radius 3 is 2.47 bits per heavy atom. The van der Waals surface area contributed by atoms with Gasteiger partial charge in [0.15, 0.2) is 6.61 Å². The molecule has 0 bridgehead atoms. The van der Waals surface area contributed by atoms with Crippen molar-refractivity contribution in [3.05, 3.63) is 53.9 Å². The van der Waals surface area contributed by atoms with Gasteiger partial charge < -0.3 is 14.5 Å². The number of methoxy groups -OCH3 is 1. The lowest BCUT2D eigenvalue weighted by atomic mass is 10.2. The topological polar surface area (TPSA) is 68.4 Å². The highest BCUT2D eigenvalue weighted by molar-refractivity contribution is 5.95. The van der Waals surface area contributed by atoms with Gasteiger partial charge in [0.1, 0.15) is 5.75 Å². The predicted octanol–water partition coefficient (Wildman–Crippen LogP) is 2.06. The van der Waals surface area contributed by atoms with Crippen LogP contribution in [0.4, 0.5) is 0 Å². The molecular weight excluding hydrogens is 246 g/mol. The van der Waals surface area contributed by atoms with Crippen LogP contribution in [0.15, 0.2) is 42.6 Å². The molecule has 0 fully saturated rings. The first-order valence-corrected chi connectivity index (χ1v) is 5.68. The van der Waals surface area contributed by atoms with Crippen LogP contribution in [0.25, 0.3) is 0 Å². The summed E-state index contributed by atoms with van der Waals surface area (Å²) in [5.74, 6) is -0.0244. The average Bonchev–Trinajstić information content (AvgIpc) is 2.98. The third-order valence-corrected chi connectivity index (χ3v) is 2.54. The number of Topliss-reactive ketones (excluding diaryl/α,β-unsaturated/α-hetero) is 1. The third-order valence-electron chi connectivity index (χ3n) is 2.54. The molecule has 98 valence electrons. The molecule has 0 spiro atoms. The Kier molecular flexibility index (Phi) is 3.97. The van der Waals surface area contributed by atoms with Crippen LogP contribution in [0.3, 0.4) is 0 Å². The molecule has 5 heteroatoms. The summed E-state index contributed by atoms with van der Waals surface area (Å²) >= 11 is 0. The van der Waals surface area contributed by atoms with Gasteiger partial charge in [-0.1, -0.05) is 0 Å². The Bertz CT molecular complexity index is 558. The molecule has 1 N–H and O–H groups in total. The molecule has 1 aromatic carbocycles. The van der Waals surface area contributed by atoms with E-state index in [1.165, 1.54) is 7.11 Å². The minimum atomic E-state index is -0.408. The number of carbonyl (C=O) groups is 2.